The van der Waals surface area contributed by atoms with Crippen molar-refractivity contribution in [3.05, 3.63) is 0 Å². The summed E-state index contributed by atoms with van der Waals surface area (Å²) in [4.78, 5) is 0. The predicted molar refractivity (Wildman–Crippen MR) is 49.3 cm³/mol. The summed E-state index contributed by atoms with van der Waals surface area (Å²) < 4.78 is 0. The summed E-state index contributed by atoms with van der Waals surface area (Å²) in [5, 5.41) is 0. The molecule has 0 heterocycles. The van der Waals surface area contributed by atoms with Crippen molar-refractivity contribution in [2.45, 2.75) is 40.0 Å². The van der Waals surface area contributed by atoms with E-state index in [0.717, 1.165) is 18.4 Å². The van der Waals surface area contributed by atoms with E-state index in [1.807, 2.05) is 0 Å². The van der Waals surface area contributed by atoms with E-state index in [1.165, 1.54) is 19.3 Å². The summed E-state index contributed by atoms with van der Waals surface area (Å²) in [7, 11) is 0. The molecule has 2 N–H and O–H groups in total. The molecular formula is C10H21N. The Morgan fingerprint density at radius 3 is 2.55 bits per heavy atom. The summed E-state index contributed by atoms with van der Waals surface area (Å²) in [6.45, 7) is 7.93. The van der Waals surface area contributed by atoms with Crippen LogP contribution in [-0.2, 0) is 0 Å². The molecule has 66 valence electrons. The van der Waals surface area contributed by atoms with Crippen LogP contribution in [0.3, 0.4) is 0 Å². The second-order valence-corrected chi connectivity index (χ2v) is 4.80. The van der Waals surface area contributed by atoms with Gasteiger partial charge in [0.15, 0.2) is 0 Å². The molecule has 0 aliphatic heterocycles. The molecule has 0 aromatic rings. The highest BCUT2D eigenvalue weighted by molar-refractivity contribution is 4.85. The normalized spacial score (nSPS) is 37.1. The molecule has 1 aliphatic rings. The molecule has 1 fully saturated rings. The van der Waals surface area contributed by atoms with Gasteiger partial charge in [0.1, 0.15) is 0 Å². The van der Waals surface area contributed by atoms with E-state index in [-0.39, 0.29) is 0 Å². The Morgan fingerprint density at radius 2 is 2.09 bits per heavy atom. The van der Waals surface area contributed by atoms with Gasteiger partial charge in [-0.25, -0.2) is 0 Å². The van der Waals surface area contributed by atoms with Crippen LogP contribution < -0.4 is 5.73 Å². The molecule has 0 amide bonds. The zero-order valence-electron chi connectivity index (χ0n) is 8.06. The second kappa shape index (κ2) is 3.14. The summed E-state index contributed by atoms with van der Waals surface area (Å²) in [5.41, 5.74) is 6.24. The average Bonchev–Trinajstić information content (AvgIpc) is 1.94. The maximum absolute atomic E-state index is 5.74. The fourth-order valence-electron chi connectivity index (χ4n) is 2.16. The van der Waals surface area contributed by atoms with E-state index >= 15 is 0 Å². The quantitative estimate of drug-likeness (QED) is 0.618. The van der Waals surface area contributed by atoms with Crippen LogP contribution in [0.2, 0.25) is 0 Å². The Morgan fingerprint density at radius 1 is 1.45 bits per heavy atom. The number of hydrogen-bond donors (Lipinski definition) is 1. The highest BCUT2D eigenvalue weighted by Crippen LogP contribution is 2.42. The monoisotopic (exact) mass is 155 g/mol. The van der Waals surface area contributed by atoms with Crippen molar-refractivity contribution in [2.75, 3.05) is 6.54 Å². The van der Waals surface area contributed by atoms with Crippen molar-refractivity contribution in [1.82, 2.24) is 0 Å². The first-order valence-electron chi connectivity index (χ1n) is 4.76. The van der Waals surface area contributed by atoms with Crippen LogP contribution in [0.5, 0.6) is 0 Å². The van der Waals surface area contributed by atoms with E-state index in [4.69, 9.17) is 5.73 Å². The Balaban J connectivity index is 2.56. The molecular weight excluding hydrogens is 134 g/mol. The molecule has 0 aromatic heterocycles. The SMILES string of the molecule is CC1CCC(C)(C)C(CN)C1. The largest absolute Gasteiger partial charge is 0.330 e. The maximum Gasteiger partial charge on any atom is -0.00437 e. The Hall–Kier alpha value is -0.0400. The van der Waals surface area contributed by atoms with Gasteiger partial charge in [0.2, 0.25) is 0 Å². The number of hydrogen-bond acceptors (Lipinski definition) is 1. The van der Waals surface area contributed by atoms with Crippen LogP contribution in [0, 0.1) is 17.3 Å². The van der Waals surface area contributed by atoms with Crippen LogP contribution in [0.15, 0.2) is 0 Å². The van der Waals surface area contributed by atoms with Crippen LogP contribution >= 0.6 is 0 Å². The van der Waals surface area contributed by atoms with Crippen molar-refractivity contribution in [3.8, 4) is 0 Å². The van der Waals surface area contributed by atoms with Gasteiger partial charge in [-0.3, -0.25) is 0 Å². The van der Waals surface area contributed by atoms with Gasteiger partial charge in [-0.1, -0.05) is 27.2 Å². The van der Waals surface area contributed by atoms with Gasteiger partial charge in [-0.2, -0.15) is 0 Å². The van der Waals surface area contributed by atoms with Gasteiger partial charge in [0, 0.05) is 0 Å². The van der Waals surface area contributed by atoms with Crippen molar-refractivity contribution in [3.63, 3.8) is 0 Å². The smallest absolute Gasteiger partial charge is 0.00437 e. The molecule has 2 unspecified atom stereocenters. The van der Waals surface area contributed by atoms with Gasteiger partial charge in [0.25, 0.3) is 0 Å². The number of rotatable bonds is 1. The molecule has 1 nitrogen and oxygen atoms in total. The second-order valence-electron chi connectivity index (χ2n) is 4.80. The third-order valence-corrected chi connectivity index (χ3v) is 3.36. The van der Waals surface area contributed by atoms with E-state index in [2.05, 4.69) is 20.8 Å². The van der Waals surface area contributed by atoms with Crippen molar-refractivity contribution >= 4 is 0 Å². The molecule has 11 heavy (non-hydrogen) atoms. The van der Waals surface area contributed by atoms with Crippen LogP contribution in [0.4, 0.5) is 0 Å². The van der Waals surface area contributed by atoms with Gasteiger partial charge >= 0.3 is 0 Å². The minimum atomic E-state index is 0.501. The fourth-order valence-corrected chi connectivity index (χ4v) is 2.16. The maximum atomic E-state index is 5.74. The minimum absolute atomic E-state index is 0.501. The molecule has 0 saturated heterocycles. The third-order valence-electron chi connectivity index (χ3n) is 3.36. The third kappa shape index (κ3) is 1.96. The van der Waals surface area contributed by atoms with E-state index < -0.39 is 0 Å². The standard InChI is InChI=1S/C10H21N/c1-8-4-5-10(2,3)9(6-8)7-11/h8-9H,4-7,11H2,1-3H3. The van der Waals surface area contributed by atoms with E-state index in [9.17, 15) is 0 Å². The highest BCUT2D eigenvalue weighted by Gasteiger charge is 2.33. The molecule has 1 rings (SSSR count). The Bertz CT molecular complexity index is 129. The molecule has 1 saturated carbocycles. The molecule has 1 heteroatoms. The molecule has 0 bridgehead atoms. The number of nitrogens with two attached hydrogens (primary N) is 1. The lowest BCUT2D eigenvalue weighted by Crippen LogP contribution is -2.35. The van der Waals surface area contributed by atoms with E-state index in [0.29, 0.717) is 5.41 Å². The van der Waals surface area contributed by atoms with Gasteiger partial charge in [-0.05, 0) is 36.6 Å². The van der Waals surface area contributed by atoms with Crippen LogP contribution in [0.1, 0.15) is 40.0 Å². The van der Waals surface area contributed by atoms with Crippen LogP contribution in [0.25, 0.3) is 0 Å². The van der Waals surface area contributed by atoms with Crippen molar-refractivity contribution in [1.29, 1.82) is 0 Å². The first-order valence-corrected chi connectivity index (χ1v) is 4.76. The van der Waals surface area contributed by atoms with Gasteiger partial charge < -0.3 is 5.73 Å². The molecule has 2 atom stereocenters. The van der Waals surface area contributed by atoms with Gasteiger partial charge in [0.05, 0.1) is 0 Å². The molecule has 0 aromatic carbocycles. The molecule has 1 aliphatic carbocycles. The fraction of sp³-hybridized carbons (Fsp3) is 1.00. The summed E-state index contributed by atoms with van der Waals surface area (Å²) >= 11 is 0. The molecule has 0 radical (unpaired) electrons. The lowest BCUT2D eigenvalue weighted by atomic mass is 9.66. The molecule has 0 spiro atoms. The average molecular weight is 155 g/mol. The first kappa shape index (κ1) is 9.05. The lowest BCUT2D eigenvalue weighted by Gasteiger charge is -2.40. The van der Waals surface area contributed by atoms with Crippen molar-refractivity contribution in [2.24, 2.45) is 23.0 Å². The lowest BCUT2D eigenvalue weighted by molar-refractivity contribution is 0.111. The highest BCUT2D eigenvalue weighted by atomic mass is 14.6. The van der Waals surface area contributed by atoms with E-state index in [1.54, 1.807) is 0 Å². The predicted octanol–water partition coefficient (Wildman–Crippen LogP) is 2.41. The van der Waals surface area contributed by atoms with Crippen LogP contribution in [-0.4, -0.2) is 6.54 Å². The zero-order chi connectivity index (χ0) is 8.48. The summed E-state index contributed by atoms with van der Waals surface area (Å²) in [6, 6.07) is 0. The first-order chi connectivity index (χ1) is 5.06. The van der Waals surface area contributed by atoms with Gasteiger partial charge in [-0.15, -0.1) is 0 Å². The minimum Gasteiger partial charge on any atom is -0.330 e. The zero-order valence-corrected chi connectivity index (χ0v) is 8.06. The Kier molecular flexibility index (Phi) is 2.58. The summed E-state index contributed by atoms with van der Waals surface area (Å²) in [5.74, 6) is 1.66. The van der Waals surface area contributed by atoms with Crippen molar-refractivity contribution < 1.29 is 0 Å². The Labute approximate surface area is 70.4 Å². The topological polar surface area (TPSA) is 26.0 Å². The summed E-state index contributed by atoms with van der Waals surface area (Å²) in [6.07, 6.45) is 4.09.